The molecule has 3 rings (SSSR count). The molecule has 2 aromatic carbocycles. The molecular formula is C18H21NO2. The molecule has 2 aromatic rings. The van der Waals surface area contributed by atoms with Crippen molar-refractivity contribution in [3.05, 3.63) is 48.0 Å². The van der Waals surface area contributed by atoms with Gasteiger partial charge in [0.25, 0.3) is 0 Å². The summed E-state index contributed by atoms with van der Waals surface area (Å²) in [5, 5.41) is 5.80. The highest BCUT2D eigenvalue weighted by Crippen LogP contribution is 2.31. The molecule has 0 aliphatic carbocycles. The van der Waals surface area contributed by atoms with Crippen LogP contribution in [0.5, 0.6) is 0 Å². The fraction of sp³-hybridized carbons (Fsp3) is 0.389. The fourth-order valence-electron chi connectivity index (χ4n) is 3.32. The molecule has 3 heteroatoms. The maximum Gasteiger partial charge on any atom is 0.314 e. The molecule has 0 saturated carbocycles. The normalized spacial score (nSPS) is 20.1. The number of carbonyl (C=O) groups is 1. The first-order valence-corrected chi connectivity index (χ1v) is 7.60. The molecule has 1 aliphatic rings. The summed E-state index contributed by atoms with van der Waals surface area (Å²) in [6.07, 6.45) is 3.36. The van der Waals surface area contributed by atoms with Gasteiger partial charge in [-0.1, -0.05) is 48.9 Å². The number of piperidine rings is 1. The fourth-order valence-corrected chi connectivity index (χ4v) is 3.32. The van der Waals surface area contributed by atoms with Crippen LogP contribution in [0.15, 0.2) is 42.5 Å². The van der Waals surface area contributed by atoms with Crippen molar-refractivity contribution in [2.24, 2.45) is 0 Å². The number of nitrogens with one attached hydrogen (secondary N) is 1. The van der Waals surface area contributed by atoms with Gasteiger partial charge in [-0.05, 0) is 35.7 Å². The summed E-state index contributed by atoms with van der Waals surface area (Å²) in [5.74, 6) is -0.382. The molecule has 0 spiro atoms. The molecular weight excluding hydrogens is 262 g/mol. The number of methoxy groups -OCH3 is 1. The molecule has 0 bridgehead atoms. The minimum atomic E-state index is -0.235. The number of carbonyl (C=O) groups excluding carboxylic acids is 1. The van der Waals surface area contributed by atoms with Gasteiger partial charge in [0.1, 0.15) is 0 Å². The summed E-state index contributed by atoms with van der Waals surface area (Å²) in [5.41, 5.74) is 1.07. The third kappa shape index (κ3) is 2.79. The lowest BCUT2D eigenvalue weighted by atomic mass is 9.84. The molecule has 0 amide bonds. The summed E-state index contributed by atoms with van der Waals surface area (Å²) in [7, 11) is 1.48. The van der Waals surface area contributed by atoms with E-state index in [4.69, 9.17) is 4.74 Å². The zero-order valence-electron chi connectivity index (χ0n) is 12.3. The third-order valence-corrected chi connectivity index (χ3v) is 4.36. The Morgan fingerprint density at radius 1 is 1.19 bits per heavy atom. The second-order valence-corrected chi connectivity index (χ2v) is 5.63. The third-order valence-electron chi connectivity index (χ3n) is 4.36. The van der Waals surface area contributed by atoms with Gasteiger partial charge in [-0.3, -0.25) is 4.79 Å². The standard InChI is InChI=1S/C18H21NO2/c1-21-18(20)17(16-11-4-5-12-19-16)15-10-6-8-13-7-2-3-9-14(13)15/h2-3,6-10,16-17,19H,4-5,11-12H2,1H3/t16-,17+/m1/s1. The Balaban J connectivity index is 2.07. The number of benzene rings is 2. The van der Waals surface area contributed by atoms with Crippen LogP contribution in [0.3, 0.4) is 0 Å². The van der Waals surface area contributed by atoms with Gasteiger partial charge in [-0.25, -0.2) is 0 Å². The number of rotatable bonds is 3. The molecule has 1 aliphatic heterocycles. The number of esters is 1. The summed E-state index contributed by atoms with van der Waals surface area (Å²) in [6, 6.07) is 14.5. The Morgan fingerprint density at radius 3 is 2.76 bits per heavy atom. The molecule has 1 heterocycles. The van der Waals surface area contributed by atoms with E-state index >= 15 is 0 Å². The largest absolute Gasteiger partial charge is 0.469 e. The summed E-state index contributed by atoms with van der Waals surface area (Å²) in [4.78, 5) is 12.4. The Labute approximate surface area is 125 Å². The number of hydrogen-bond acceptors (Lipinski definition) is 3. The average Bonchev–Trinajstić information content (AvgIpc) is 2.56. The lowest BCUT2D eigenvalue weighted by molar-refractivity contribution is -0.143. The van der Waals surface area contributed by atoms with Crippen LogP contribution in [0.4, 0.5) is 0 Å². The SMILES string of the molecule is COC(=O)[C@@H](c1cccc2ccccc12)[C@H]1CCCCN1. The summed E-state index contributed by atoms with van der Waals surface area (Å²) >= 11 is 0. The highest BCUT2D eigenvalue weighted by Gasteiger charge is 2.32. The predicted molar refractivity (Wildman–Crippen MR) is 84.3 cm³/mol. The van der Waals surface area contributed by atoms with E-state index < -0.39 is 0 Å². The van der Waals surface area contributed by atoms with Gasteiger partial charge in [0.05, 0.1) is 13.0 Å². The van der Waals surface area contributed by atoms with Crippen LogP contribution >= 0.6 is 0 Å². The summed E-state index contributed by atoms with van der Waals surface area (Å²) in [6.45, 7) is 0.975. The van der Waals surface area contributed by atoms with Crippen LogP contribution in [0.25, 0.3) is 10.8 Å². The van der Waals surface area contributed by atoms with E-state index in [9.17, 15) is 4.79 Å². The van der Waals surface area contributed by atoms with Gasteiger partial charge in [0.2, 0.25) is 0 Å². The summed E-state index contributed by atoms with van der Waals surface area (Å²) < 4.78 is 5.09. The van der Waals surface area contributed by atoms with E-state index in [1.165, 1.54) is 18.9 Å². The van der Waals surface area contributed by atoms with Crippen LogP contribution < -0.4 is 5.32 Å². The van der Waals surface area contributed by atoms with E-state index in [0.717, 1.165) is 30.3 Å². The Kier molecular flexibility index (Phi) is 4.20. The second kappa shape index (κ2) is 6.27. The monoisotopic (exact) mass is 283 g/mol. The molecule has 0 aromatic heterocycles. The smallest absolute Gasteiger partial charge is 0.314 e. The molecule has 3 nitrogen and oxygen atoms in total. The van der Waals surface area contributed by atoms with E-state index in [1.54, 1.807) is 0 Å². The highest BCUT2D eigenvalue weighted by atomic mass is 16.5. The van der Waals surface area contributed by atoms with E-state index in [0.29, 0.717) is 0 Å². The van der Waals surface area contributed by atoms with Crippen molar-refractivity contribution in [3.8, 4) is 0 Å². The molecule has 0 unspecified atom stereocenters. The molecule has 21 heavy (non-hydrogen) atoms. The highest BCUT2D eigenvalue weighted by molar-refractivity contribution is 5.91. The molecule has 110 valence electrons. The predicted octanol–water partition coefficient (Wildman–Crippen LogP) is 3.24. The zero-order valence-corrected chi connectivity index (χ0v) is 12.3. The molecule has 1 saturated heterocycles. The van der Waals surface area contributed by atoms with Gasteiger partial charge in [-0.15, -0.1) is 0 Å². The van der Waals surface area contributed by atoms with Gasteiger partial charge < -0.3 is 10.1 Å². The van der Waals surface area contributed by atoms with Gasteiger partial charge >= 0.3 is 5.97 Å². The minimum Gasteiger partial charge on any atom is -0.469 e. The zero-order chi connectivity index (χ0) is 14.7. The molecule has 2 atom stereocenters. The maximum absolute atomic E-state index is 12.4. The molecule has 1 N–H and O–H groups in total. The van der Waals surface area contributed by atoms with Crippen molar-refractivity contribution in [2.75, 3.05) is 13.7 Å². The van der Waals surface area contributed by atoms with Crippen molar-refractivity contribution in [2.45, 2.75) is 31.2 Å². The second-order valence-electron chi connectivity index (χ2n) is 5.63. The van der Waals surface area contributed by atoms with Gasteiger partial charge in [-0.2, -0.15) is 0 Å². The first-order valence-electron chi connectivity index (χ1n) is 7.60. The maximum atomic E-state index is 12.4. The van der Waals surface area contributed by atoms with Gasteiger partial charge in [0, 0.05) is 6.04 Å². The van der Waals surface area contributed by atoms with Crippen molar-refractivity contribution >= 4 is 16.7 Å². The van der Waals surface area contributed by atoms with E-state index in [2.05, 4.69) is 29.6 Å². The number of ether oxygens (including phenoxy) is 1. The molecule has 0 radical (unpaired) electrons. The quantitative estimate of drug-likeness (QED) is 0.879. The first kappa shape index (κ1) is 14.1. The topological polar surface area (TPSA) is 38.3 Å². The number of hydrogen-bond donors (Lipinski definition) is 1. The van der Waals surface area contributed by atoms with Gasteiger partial charge in [0.15, 0.2) is 0 Å². The van der Waals surface area contributed by atoms with Crippen LogP contribution in [0.1, 0.15) is 30.7 Å². The Morgan fingerprint density at radius 2 is 2.00 bits per heavy atom. The van der Waals surface area contributed by atoms with E-state index in [1.807, 2.05) is 18.2 Å². The lowest BCUT2D eigenvalue weighted by Gasteiger charge is -2.30. The van der Waals surface area contributed by atoms with Crippen molar-refractivity contribution in [3.63, 3.8) is 0 Å². The van der Waals surface area contributed by atoms with E-state index in [-0.39, 0.29) is 17.9 Å². The molecule has 1 fully saturated rings. The Bertz CT molecular complexity index is 627. The van der Waals surface area contributed by atoms with Crippen LogP contribution in [-0.4, -0.2) is 25.7 Å². The lowest BCUT2D eigenvalue weighted by Crippen LogP contribution is -2.42. The van der Waals surface area contributed by atoms with Crippen molar-refractivity contribution < 1.29 is 9.53 Å². The Hall–Kier alpha value is -1.87. The van der Waals surface area contributed by atoms with Crippen LogP contribution in [0, 0.1) is 0 Å². The number of fused-ring (bicyclic) bond motifs is 1. The van der Waals surface area contributed by atoms with Crippen molar-refractivity contribution in [1.29, 1.82) is 0 Å². The van der Waals surface area contributed by atoms with Crippen LogP contribution in [0.2, 0.25) is 0 Å². The first-order chi connectivity index (χ1) is 10.3. The van der Waals surface area contributed by atoms with Crippen LogP contribution in [-0.2, 0) is 9.53 Å². The minimum absolute atomic E-state index is 0.147. The van der Waals surface area contributed by atoms with Crippen molar-refractivity contribution in [1.82, 2.24) is 5.32 Å². The average molecular weight is 283 g/mol.